The number of hydrogen-bond donors (Lipinski definition) is 0. The summed E-state index contributed by atoms with van der Waals surface area (Å²) >= 11 is 0. The highest BCUT2D eigenvalue weighted by atomic mass is 16.6. The molecule has 0 N–H and O–H groups in total. The van der Waals surface area contributed by atoms with Gasteiger partial charge in [-0.05, 0) is 19.4 Å². The normalized spacial score (nSPS) is 9.74. The number of benzene rings is 1. The van der Waals surface area contributed by atoms with Crippen LogP contribution in [0.5, 0.6) is 0 Å². The lowest BCUT2D eigenvalue weighted by Crippen LogP contribution is -2.11. The fourth-order valence-corrected chi connectivity index (χ4v) is 1.89. The minimum absolute atomic E-state index is 0.158. The Hall–Kier alpha value is -2.42. The van der Waals surface area contributed by atoms with Gasteiger partial charge in [0.25, 0.3) is 5.69 Å². The zero-order valence-electron chi connectivity index (χ0n) is 10.8. The van der Waals surface area contributed by atoms with E-state index in [0.29, 0.717) is 12.0 Å². The third kappa shape index (κ3) is 3.28. The topological polar surface area (TPSA) is 93.2 Å². The lowest BCUT2D eigenvalue weighted by Gasteiger charge is -2.08. The summed E-state index contributed by atoms with van der Waals surface area (Å²) in [5, 5.41) is 20.1. The highest BCUT2D eigenvalue weighted by molar-refractivity contribution is 5.75. The van der Waals surface area contributed by atoms with Crippen LogP contribution in [-0.4, -0.2) is 17.5 Å². The van der Waals surface area contributed by atoms with Gasteiger partial charge in [0, 0.05) is 11.1 Å². The molecule has 0 saturated carbocycles. The molecular weight excluding hydrogens is 248 g/mol. The van der Waals surface area contributed by atoms with Crippen molar-refractivity contribution in [3.63, 3.8) is 0 Å². The lowest BCUT2D eigenvalue weighted by atomic mass is 9.98. The van der Waals surface area contributed by atoms with Gasteiger partial charge in [-0.1, -0.05) is 13.0 Å². The first-order valence-corrected chi connectivity index (χ1v) is 5.89. The summed E-state index contributed by atoms with van der Waals surface area (Å²) in [7, 11) is 0. The second-order valence-electron chi connectivity index (χ2n) is 3.80. The van der Waals surface area contributed by atoms with E-state index in [0.717, 1.165) is 0 Å². The van der Waals surface area contributed by atoms with Gasteiger partial charge >= 0.3 is 5.97 Å². The summed E-state index contributed by atoms with van der Waals surface area (Å²) in [5.74, 6) is -0.516. The maximum Gasteiger partial charge on any atom is 0.310 e. The van der Waals surface area contributed by atoms with Crippen molar-refractivity contribution in [2.75, 3.05) is 6.61 Å². The van der Waals surface area contributed by atoms with E-state index in [1.54, 1.807) is 13.8 Å². The number of nitrogens with zero attached hydrogens (tertiary/aromatic N) is 2. The zero-order valence-corrected chi connectivity index (χ0v) is 10.8. The quantitative estimate of drug-likeness (QED) is 0.460. The molecule has 0 radical (unpaired) electrons. The Balaban J connectivity index is 3.29. The van der Waals surface area contributed by atoms with E-state index in [4.69, 9.17) is 10.00 Å². The third-order valence-corrected chi connectivity index (χ3v) is 2.66. The van der Waals surface area contributed by atoms with Crippen molar-refractivity contribution in [3.8, 4) is 6.07 Å². The Labute approximate surface area is 110 Å². The van der Waals surface area contributed by atoms with Crippen LogP contribution in [0.3, 0.4) is 0 Å². The number of esters is 1. The van der Waals surface area contributed by atoms with Gasteiger partial charge in [0.2, 0.25) is 0 Å². The van der Waals surface area contributed by atoms with Crippen LogP contribution < -0.4 is 0 Å². The summed E-state index contributed by atoms with van der Waals surface area (Å²) in [4.78, 5) is 22.0. The Bertz CT molecular complexity index is 546. The molecule has 0 heterocycles. The standard InChI is InChI=1S/C13H14N2O4/c1-3-11-10(8-14)6-5-9(13(11)15(17)18)7-12(16)19-4-2/h5-6H,3-4,7H2,1-2H3. The van der Waals surface area contributed by atoms with Gasteiger partial charge in [-0.25, -0.2) is 0 Å². The number of carbonyl (C=O) groups is 1. The number of carbonyl (C=O) groups excluding carboxylic acids is 1. The fourth-order valence-electron chi connectivity index (χ4n) is 1.89. The number of nitriles is 1. The second-order valence-corrected chi connectivity index (χ2v) is 3.80. The zero-order chi connectivity index (χ0) is 14.4. The summed E-state index contributed by atoms with van der Waals surface area (Å²) in [5.41, 5.74) is 0.741. The van der Waals surface area contributed by atoms with Crippen molar-refractivity contribution >= 4 is 11.7 Å². The summed E-state index contributed by atoms with van der Waals surface area (Å²) < 4.78 is 4.78. The van der Waals surface area contributed by atoms with E-state index in [9.17, 15) is 14.9 Å². The molecule has 0 spiro atoms. The molecule has 0 aliphatic heterocycles. The SMILES string of the molecule is CCOC(=O)Cc1ccc(C#N)c(CC)c1[N+](=O)[O-]. The van der Waals surface area contributed by atoms with Crippen LogP contribution in [-0.2, 0) is 22.4 Å². The van der Waals surface area contributed by atoms with Gasteiger partial charge in [-0.15, -0.1) is 0 Å². The Morgan fingerprint density at radius 1 is 1.47 bits per heavy atom. The molecule has 0 fully saturated rings. The van der Waals surface area contributed by atoms with Crippen molar-refractivity contribution in [2.45, 2.75) is 26.7 Å². The predicted molar refractivity (Wildman–Crippen MR) is 67.5 cm³/mol. The van der Waals surface area contributed by atoms with Gasteiger partial charge in [-0.2, -0.15) is 5.26 Å². The van der Waals surface area contributed by atoms with Crippen LogP contribution in [0, 0.1) is 21.4 Å². The molecule has 19 heavy (non-hydrogen) atoms. The minimum Gasteiger partial charge on any atom is -0.466 e. The molecule has 0 saturated heterocycles. The summed E-state index contributed by atoms with van der Waals surface area (Å²) in [6.45, 7) is 3.63. The molecule has 6 nitrogen and oxygen atoms in total. The maximum atomic E-state index is 11.4. The molecule has 0 aliphatic carbocycles. The van der Waals surface area contributed by atoms with Gasteiger partial charge in [0.15, 0.2) is 0 Å². The molecule has 0 aromatic heterocycles. The van der Waals surface area contributed by atoms with Gasteiger partial charge in [0.1, 0.15) is 0 Å². The molecule has 100 valence electrons. The first-order valence-electron chi connectivity index (χ1n) is 5.89. The number of nitro benzene ring substituents is 1. The Kier molecular flexibility index (Phi) is 5.01. The fraction of sp³-hybridized carbons (Fsp3) is 0.385. The molecule has 0 aliphatic rings. The van der Waals surface area contributed by atoms with E-state index in [-0.39, 0.29) is 29.8 Å². The number of rotatable bonds is 5. The molecule has 1 rings (SSSR count). The first-order chi connectivity index (χ1) is 9.04. The van der Waals surface area contributed by atoms with E-state index in [1.807, 2.05) is 6.07 Å². The van der Waals surface area contributed by atoms with Crippen molar-refractivity contribution in [1.29, 1.82) is 5.26 Å². The highest BCUT2D eigenvalue weighted by Gasteiger charge is 2.23. The average molecular weight is 262 g/mol. The van der Waals surface area contributed by atoms with Crippen molar-refractivity contribution in [2.24, 2.45) is 0 Å². The molecule has 0 amide bonds. The molecule has 0 unspecified atom stereocenters. The van der Waals surface area contributed by atoms with Crippen LogP contribution in [0.25, 0.3) is 0 Å². The van der Waals surface area contributed by atoms with Crippen molar-refractivity contribution < 1.29 is 14.5 Å². The third-order valence-electron chi connectivity index (χ3n) is 2.66. The van der Waals surface area contributed by atoms with E-state index < -0.39 is 10.9 Å². The minimum atomic E-state index is -0.547. The molecule has 6 heteroatoms. The van der Waals surface area contributed by atoms with E-state index >= 15 is 0 Å². The Morgan fingerprint density at radius 3 is 2.63 bits per heavy atom. The smallest absolute Gasteiger partial charge is 0.310 e. The van der Waals surface area contributed by atoms with Crippen LogP contribution in [0.4, 0.5) is 5.69 Å². The van der Waals surface area contributed by atoms with Gasteiger partial charge in [-0.3, -0.25) is 14.9 Å². The molecule has 1 aromatic carbocycles. The van der Waals surface area contributed by atoms with Crippen LogP contribution in [0.2, 0.25) is 0 Å². The van der Waals surface area contributed by atoms with Crippen molar-refractivity contribution in [3.05, 3.63) is 38.9 Å². The number of hydrogen-bond acceptors (Lipinski definition) is 5. The van der Waals surface area contributed by atoms with Crippen LogP contribution in [0.15, 0.2) is 12.1 Å². The Morgan fingerprint density at radius 2 is 2.16 bits per heavy atom. The summed E-state index contributed by atoms with van der Waals surface area (Å²) in [6, 6.07) is 4.86. The predicted octanol–water partition coefficient (Wildman–Crippen LogP) is 2.13. The second kappa shape index (κ2) is 6.50. The van der Waals surface area contributed by atoms with E-state index in [2.05, 4.69) is 0 Å². The molecule has 1 aromatic rings. The number of nitro groups is 1. The van der Waals surface area contributed by atoms with Crippen molar-refractivity contribution in [1.82, 2.24) is 0 Å². The highest BCUT2D eigenvalue weighted by Crippen LogP contribution is 2.28. The van der Waals surface area contributed by atoms with Crippen LogP contribution in [0.1, 0.15) is 30.5 Å². The lowest BCUT2D eigenvalue weighted by molar-refractivity contribution is -0.386. The number of ether oxygens (including phenoxy) is 1. The maximum absolute atomic E-state index is 11.4. The van der Waals surface area contributed by atoms with Gasteiger partial charge in [0.05, 0.1) is 29.6 Å². The van der Waals surface area contributed by atoms with Crippen LogP contribution >= 0.6 is 0 Å². The largest absolute Gasteiger partial charge is 0.466 e. The monoisotopic (exact) mass is 262 g/mol. The van der Waals surface area contributed by atoms with E-state index in [1.165, 1.54) is 12.1 Å². The molecule has 0 atom stereocenters. The summed E-state index contributed by atoms with van der Waals surface area (Å²) in [6.07, 6.45) is 0.193. The average Bonchev–Trinajstić information content (AvgIpc) is 2.37. The first kappa shape index (κ1) is 14.6. The molecule has 0 bridgehead atoms. The van der Waals surface area contributed by atoms with Gasteiger partial charge < -0.3 is 4.74 Å². The molecular formula is C13H14N2O4.